The smallest absolute Gasteiger partial charge is 0.339 e. The fourth-order valence-corrected chi connectivity index (χ4v) is 10.4. The molecule has 11 nitrogen and oxygen atoms in total. The van der Waals surface area contributed by atoms with Crippen molar-refractivity contribution in [1.82, 2.24) is 4.58 Å². The molecular formula is C38H35F4N2O9S2+. The van der Waals surface area contributed by atoms with E-state index >= 15 is 13.2 Å². The van der Waals surface area contributed by atoms with E-state index in [4.69, 9.17) is 4.74 Å². The molecule has 55 heavy (non-hydrogen) atoms. The molecule has 0 atom stereocenters. The lowest BCUT2D eigenvalue weighted by molar-refractivity contribution is 0.0689. The van der Waals surface area contributed by atoms with Crippen LogP contribution in [0.25, 0.3) is 16.7 Å². The van der Waals surface area contributed by atoms with E-state index in [1.165, 1.54) is 12.1 Å². The number of fused-ring (bicyclic) bond motifs is 4. The Morgan fingerprint density at radius 3 is 2.07 bits per heavy atom. The average molecular weight is 804 g/mol. The number of nitrogens with zero attached hydrogens (tertiary/aromatic N) is 2. The van der Waals surface area contributed by atoms with Crippen molar-refractivity contribution in [3.05, 3.63) is 97.1 Å². The Kier molecular flexibility index (Phi) is 8.12. The highest BCUT2D eigenvalue weighted by Gasteiger charge is 2.45. The number of carboxylic acids is 1. The predicted octanol–water partition coefficient (Wildman–Crippen LogP) is 4.61. The lowest BCUT2D eigenvalue weighted by Crippen LogP contribution is -2.53. The second-order valence-electron chi connectivity index (χ2n) is 15.7. The Labute approximate surface area is 313 Å². The number of carboxylic acid groups (broad SMARTS) is 1. The summed E-state index contributed by atoms with van der Waals surface area (Å²) in [6, 6.07) is 2.77. The third-order valence-corrected chi connectivity index (χ3v) is 12.5. The highest BCUT2D eigenvalue weighted by atomic mass is 32.2. The van der Waals surface area contributed by atoms with Gasteiger partial charge in [0.2, 0.25) is 5.36 Å². The van der Waals surface area contributed by atoms with Gasteiger partial charge in [-0.3, -0.25) is 9.11 Å². The van der Waals surface area contributed by atoms with E-state index in [2.05, 4.69) is 0 Å². The quantitative estimate of drug-likeness (QED) is 0.0826. The highest BCUT2D eigenvalue weighted by Crippen LogP contribution is 2.53. The topological polar surface area (TPSA) is 162 Å². The van der Waals surface area contributed by atoms with Gasteiger partial charge in [0.25, 0.3) is 20.2 Å². The van der Waals surface area contributed by atoms with Crippen molar-refractivity contribution < 1.29 is 58.1 Å². The molecule has 290 valence electrons. The molecule has 5 aliphatic rings. The van der Waals surface area contributed by atoms with E-state index < -0.39 is 88.8 Å². The fourth-order valence-electron chi connectivity index (χ4n) is 9.18. The Morgan fingerprint density at radius 1 is 0.818 bits per heavy atom. The number of carbonyl (C=O) groups is 1. The van der Waals surface area contributed by atoms with Crippen molar-refractivity contribution in [2.75, 3.05) is 29.5 Å². The maximum atomic E-state index is 16.5. The van der Waals surface area contributed by atoms with Crippen molar-refractivity contribution in [2.24, 2.45) is 0 Å². The van der Waals surface area contributed by atoms with Crippen LogP contribution >= 0.6 is 0 Å². The summed E-state index contributed by atoms with van der Waals surface area (Å²) in [6.07, 6.45) is 5.03. The second kappa shape index (κ2) is 12.0. The van der Waals surface area contributed by atoms with Gasteiger partial charge in [0.15, 0.2) is 28.8 Å². The summed E-state index contributed by atoms with van der Waals surface area (Å²) >= 11 is 0. The maximum absolute atomic E-state index is 16.5. The maximum Gasteiger partial charge on any atom is 0.339 e. The molecule has 0 saturated heterocycles. The van der Waals surface area contributed by atoms with Crippen molar-refractivity contribution in [3.63, 3.8) is 0 Å². The first-order chi connectivity index (χ1) is 25.5. The van der Waals surface area contributed by atoms with Gasteiger partial charge in [0.05, 0.1) is 22.4 Å². The summed E-state index contributed by atoms with van der Waals surface area (Å²) in [6.45, 7) is 8.45. The SMILES string of the molecule is CC1(C)C=C(CS(=O)(=O)O)c2cc3c(c4c2N1CCC4)Oc1c2c4c(cc1=C3c1c(F)c(F)c(F)c(F)c1C(=O)O)C(CS(=O)(=O)O)=CC(C)(C)[N+]=4CCC2. The van der Waals surface area contributed by atoms with E-state index in [0.717, 1.165) is 0 Å². The molecule has 3 aromatic carbocycles. The van der Waals surface area contributed by atoms with Crippen molar-refractivity contribution in [3.8, 4) is 11.5 Å². The molecule has 3 N–H and O–H groups in total. The van der Waals surface area contributed by atoms with E-state index in [9.17, 15) is 40.2 Å². The number of halogens is 4. The molecule has 0 amide bonds. The molecule has 0 aliphatic carbocycles. The van der Waals surface area contributed by atoms with Crippen molar-refractivity contribution in [2.45, 2.75) is 64.5 Å². The van der Waals surface area contributed by atoms with Gasteiger partial charge in [-0.2, -0.15) is 16.8 Å². The number of anilines is 1. The molecule has 17 heteroatoms. The van der Waals surface area contributed by atoms with Crippen LogP contribution < -0.4 is 24.8 Å². The second-order valence-corrected chi connectivity index (χ2v) is 18.6. The molecule has 5 aliphatic heterocycles. The number of hydrogen-bond donors (Lipinski definition) is 3. The molecule has 8 rings (SSSR count). The van der Waals surface area contributed by atoms with Gasteiger partial charge < -0.3 is 14.7 Å². The molecule has 0 saturated carbocycles. The van der Waals surface area contributed by atoms with Gasteiger partial charge in [0, 0.05) is 59.9 Å². The van der Waals surface area contributed by atoms with Crippen molar-refractivity contribution >= 4 is 48.6 Å². The summed E-state index contributed by atoms with van der Waals surface area (Å²) in [5.74, 6) is -12.5. The van der Waals surface area contributed by atoms with Gasteiger partial charge in [-0.1, -0.05) is 6.08 Å². The normalized spacial score (nSPS) is 19.1. The molecule has 0 fully saturated rings. The molecule has 3 aromatic rings. The minimum atomic E-state index is -4.64. The molecule has 0 unspecified atom stereocenters. The number of aromatic carboxylic acids is 1. The summed E-state index contributed by atoms with van der Waals surface area (Å²) < 4.78 is 141. The van der Waals surface area contributed by atoms with E-state index in [1.54, 1.807) is 12.2 Å². The van der Waals surface area contributed by atoms with Gasteiger partial charge in [-0.15, -0.1) is 0 Å². The van der Waals surface area contributed by atoms with E-state index in [1.807, 2.05) is 37.2 Å². The lowest BCUT2D eigenvalue weighted by Gasteiger charge is -2.47. The zero-order valence-corrected chi connectivity index (χ0v) is 31.6. The van der Waals surface area contributed by atoms with Crippen molar-refractivity contribution in [1.29, 1.82) is 0 Å². The Balaban J connectivity index is 1.62. The first kappa shape index (κ1) is 37.3. The van der Waals surface area contributed by atoms with Crippen LogP contribution in [0.5, 0.6) is 11.5 Å². The van der Waals surface area contributed by atoms with Crippen LogP contribution in [-0.2, 0) is 33.1 Å². The minimum Gasteiger partial charge on any atom is -0.478 e. The van der Waals surface area contributed by atoms with Crippen LogP contribution in [0.15, 0.2) is 24.3 Å². The van der Waals surface area contributed by atoms with Crippen LogP contribution in [0.1, 0.15) is 84.3 Å². The fraction of sp³-hybridized carbons (Fsp3) is 0.368. The largest absolute Gasteiger partial charge is 0.478 e. The molecule has 0 spiro atoms. The first-order valence-corrected chi connectivity index (χ1v) is 20.7. The third kappa shape index (κ3) is 5.72. The number of ether oxygens (including phenoxy) is 1. The molecule has 0 radical (unpaired) electrons. The molecule has 0 aromatic heterocycles. The Morgan fingerprint density at radius 2 is 1.44 bits per heavy atom. The summed E-state index contributed by atoms with van der Waals surface area (Å²) in [7, 11) is -9.29. The van der Waals surface area contributed by atoms with Crippen LogP contribution in [-0.4, -0.2) is 72.7 Å². The summed E-state index contributed by atoms with van der Waals surface area (Å²) in [5.41, 5.74) is -2.45. The average Bonchev–Trinajstić information content (AvgIpc) is 3.07. The van der Waals surface area contributed by atoms with Crippen LogP contribution in [0, 0.1) is 23.3 Å². The number of hydrogen-bond acceptors (Lipinski definition) is 7. The zero-order chi connectivity index (χ0) is 39.9. The molecule has 0 bridgehead atoms. The molecular weight excluding hydrogens is 769 g/mol. The van der Waals surface area contributed by atoms with E-state index in [0.29, 0.717) is 60.9 Å². The summed E-state index contributed by atoms with van der Waals surface area (Å²) in [5, 5.41) is 10.7. The standard InChI is InChI=1S/C38H34F4N2O9S2/c1-37(2)13-17(15-54(47,48)49)21-11-23-25(26-27(36(45)46)29(40)31(42)30(41)28(26)39)24-12-22-18(16-55(50,51)52)14-38(3,4)44-10-6-8-20(33(22)44)35(24)53-34(23)19-7-5-9-43(37)32(19)21/h11-14H,5-10,15-16H2,1-4H3,(H2-,45,46,47,48,49,50,51,52)/p+1. The minimum absolute atomic E-state index is 0.0767. The Bertz CT molecular complexity index is 2780. The van der Waals surface area contributed by atoms with E-state index in [-0.39, 0.29) is 44.6 Å². The van der Waals surface area contributed by atoms with Gasteiger partial charge >= 0.3 is 5.97 Å². The summed E-state index contributed by atoms with van der Waals surface area (Å²) in [4.78, 5) is 14.8. The van der Waals surface area contributed by atoms with Crippen LogP contribution in [0.3, 0.4) is 0 Å². The molecule has 5 heterocycles. The van der Waals surface area contributed by atoms with Crippen LogP contribution in [0.2, 0.25) is 0 Å². The monoisotopic (exact) mass is 803 g/mol. The number of rotatable bonds is 6. The van der Waals surface area contributed by atoms with Gasteiger partial charge in [-0.05, 0) is 62.5 Å². The lowest BCUT2D eigenvalue weighted by atomic mass is 9.78. The van der Waals surface area contributed by atoms with Gasteiger partial charge in [0.1, 0.15) is 35.1 Å². The number of benzene rings is 3. The first-order valence-electron chi connectivity index (χ1n) is 17.5. The third-order valence-electron chi connectivity index (χ3n) is 11.1. The highest BCUT2D eigenvalue weighted by molar-refractivity contribution is 7.86. The zero-order valence-electron chi connectivity index (χ0n) is 30.0. The Hall–Kier alpha value is -4.58. The predicted molar refractivity (Wildman–Crippen MR) is 194 cm³/mol. The van der Waals surface area contributed by atoms with Crippen LogP contribution in [0.4, 0.5) is 23.2 Å². The van der Waals surface area contributed by atoms with Gasteiger partial charge in [-0.25, -0.2) is 26.9 Å².